The minimum absolute atomic E-state index is 0.0145. The lowest BCUT2D eigenvalue weighted by Crippen LogP contribution is -2.30. The number of nitrogens with zero attached hydrogens (tertiary/aromatic N) is 4. The summed E-state index contributed by atoms with van der Waals surface area (Å²) in [5, 5.41) is 13.9. The highest BCUT2D eigenvalue weighted by molar-refractivity contribution is 5.35. The predicted octanol–water partition coefficient (Wildman–Crippen LogP) is 6.61. The largest absolute Gasteiger partial charge is 0.489 e. The molecular weight excluding hydrogens is 452 g/mol. The number of rotatable bonds is 9. The second kappa shape index (κ2) is 8.19. The number of hydrogen-bond acceptors (Lipinski definition) is 6. The van der Waals surface area contributed by atoms with Crippen molar-refractivity contribution in [3.63, 3.8) is 0 Å². The van der Waals surface area contributed by atoms with Crippen LogP contribution < -0.4 is 9.47 Å². The van der Waals surface area contributed by atoms with E-state index in [0.29, 0.717) is 29.2 Å². The van der Waals surface area contributed by atoms with Crippen LogP contribution in [0.4, 0.5) is 17.6 Å². The van der Waals surface area contributed by atoms with Crippen molar-refractivity contribution in [2.75, 3.05) is 6.67 Å². The molecule has 6 nitrogen and oxygen atoms in total. The number of hydrogen-bond donors (Lipinski definition) is 0. The topological polar surface area (TPSA) is 67.9 Å². The molecular formula is C24H18F4N4O2. The van der Waals surface area contributed by atoms with Crippen LogP contribution in [0.15, 0.2) is 93.3 Å². The third-order valence-corrected chi connectivity index (χ3v) is 5.63. The maximum absolute atomic E-state index is 13.1. The van der Waals surface area contributed by atoms with Crippen LogP contribution in [0.5, 0.6) is 11.5 Å². The molecule has 3 aromatic carbocycles. The van der Waals surface area contributed by atoms with Crippen molar-refractivity contribution >= 4 is 0 Å². The maximum atomic E-state index is 13.1. The quantitative estimate of drug-likeness (QED) is 0.330. The van der Waals surface area contributed by atoms with E-state index in [2.05, 4.69) is 20.5 Å². The van der Waals surface area contributed by atoms with Gasteiger partial charge in [-0.25, -0.2) is 4.39 Å². The molecule has 5 rings (SSSR count). The first-order chi connectivity index (χ1) is 16.3. The first-order valence-electron chi connectivity index (χ1n) is 10.4. The van der Waals surface area contributed by atoms with Gasteiger partial charge in [0.2, 0.25) is 5.66 Å². The third kappa shape index (κ3) is 4.23. The Balaban J connectivity index is 1.11. The van der Waals surface area contributed by atoms with Gasteiger partial charge >= 0.3 is 11.8 Å². The fourth-order valence-corrected chi connectivity index (χ4v) is 3.42. The summed E-state index contributed by atoms with van der Waals surface area (Å²) in [6, 6.07) is 20.1. The Kier molecular flexibility index (Phi) is 5.30. The molecule has 0 N–H and O–H groups in total. The van der Waals surface area contributed by atoms with Crippen molar-refractivity contribution in [1.29, 1.82) is 0 Å². The highest BCUT2D eigenvalue weighted by atomic mass is 19.4. The maximum Gasteiger partial charge on any atom is 0.442 e. The van der Waals surface area contributed by atoms with E-state index in [0.717, 1.165) is 5.56 Å². The lowest BCUT2D eigenvalue weighted by atomic mass is 10.0. The van der Waals surface area contributed by atoms with Gasteiger partial charge in [-0.15, -0.1) is 10.2 Å². The molecule has 0 fully saturated rings. The first-order valence-corrected chi connectivity index (χ1v) is 10.4. The Morgan fingerprint density at radius 3 is 1.41 bits per heavy atom. The Bertz CT molecular complexity index is 1210. The minimum Gasteiger partial charge on any atom is -0.489 e. The number of benzene rings is 3. The molecule has 0 radical (unpaired) electrons. The van der Waals surface area contributed by atoms with E-state index < -0.39 is 24.2 Å². The third-order valence-electron chi connectivity index (χ3n) is 5.63. The molecule has 0 unspecified atom stereocenters. The normalized spacial score (nSPS) is 16.8. The molecule has 0 atom stereocenters. The summed E-state index contributed by atoms with van der Waals surface area (Å²) in [4.78, 5) is 0. The monoisotopic (exact) mass is 470 g/mol. The molecule has 2 heterocycles. The first kappa shape index (κ1) is 22.0. The van der Waals surface area contributed by atoms with Crippen molar-refractivity contribution in [1.82, 2.24) is 0 Å². The molecule has 2 aliphatic heterocycles. The second-order valence-corrected chi connectivity index (χ2v) is 7.96. The summed E-state index contributed by atoms with van der Waals surface area (Å²) in [7, 11) is 0. The van der Waals surface area contributed by atoms with Crippen molar-refractivity contribution in [3.05, 3.63) is 95.1 Å². The number of ether oxygens (including phenoxy) is 2. The van der Waals surface area contributed by atoms with Crippen LogP contribution in [-0.4, -0.2) is 12.9 Å². The summed E-state index contributed by atoms with van der Waals surface area (Å²) < 4.78 is 63.7. The van der Waals surface area contributed by atoms with Gasteiger partial charge in [0.05, 0.1) is 0 Å². The molecule has 0 amide bonds. The van der Waals surface area contributed by atoms with Gasteiger partial charge in [0.15, 0.2) is 0 Å². The summed E-state index contributed by atoms with van der Waals surface area (Å²) in [6.07, 6.45) is -4.54. The zero-order chi connectivity index (χ0) is 23.8. The van der Waals surface area contributed by atoms with Crippen LogP contribution in [0.2, 0.25) is 0 Å². The average Bonchev–Trinajstić information content (AvgIpc) is 3.76. The lowest BCUT2D eigenvalue weighted by molar-refractivity contribution is -0.166. The smallest absolute Gasteiger partial charge is 0.442 e. The molecule has 0 spiro atoms. The summed E-state index contributed by atoms with van der Waals surface area (Å²) >= 11 is 0. The highest BCUT2D eigenvalue weighted by Crippen LogP contribution is 2.52. The standard InChI is InChI=1S/C24H18F4N4O2/c25-15-22(29-30-22)18-5-1-16(2-6-18)13-33-20-9-11-21(12-10-20)34-14-17-3-7-19(8-4-17)23(31-32-23)24(26,27)28/h1-12H,13-15H2. The Morgan fingerprint density at radius 1 is 0.618 bits per heavy atom. The number of alkyl halides is 4. The van der Waals surface area contributed by atoms with Gasteiger partial charge in [0.25, 0.3) is 0 Å². The van der Waals surface area contributed by atoms with Crippen LogP contribution in [0.25, 0.3) is 0 Å². The van der Waals surface area contributed by atoms with Gasteiger partial charge in [-0.2, -0.15) is 23.4 Å². The molecule has 2 aliphatic rings. The lowest BCUT2D eigenvalue weighted by Gasteiger charge is -2.15. The fourth-order valence-electron chi connectivity index (χ4n) is 3.42. The van der Waals surface area contributed by atoms with Gasteiger partial charge in [-0.05, 0) is 35.4 Å². The molecule has 10 heteroatoms. The van der Waals surface area contributed by atoms with E-state index in [-0.39, 0.29) is 12.2 Å². The van der Waals surface area contributed by atoms with E-state index in [1.165, 1.54) is 12.1 Å². The molecule has 0 bridgehead atoms. The molecule has 174 valence electrons. The van der Waals surface area contributed by atoms with Crippen LogP contribution >= 0.6 is 0 Å². The molecule has 0 aromatic heterocycles. The molecule has 34 heavy (non-hydrogen) atoms. The van der Waals surface area contributed by atoms with E-state index in [1.807, 2.05) is 12.1 Å². The number of halogens is 4. The molecule has 0 aliphatic carbocycles. The van der Waals surface area contributed by atoms with Gasteiger partial charge in [-0.3, -0.25) is 0 Å². The van der Waals surface area contributed by atoms with Crippen LogP contribution in [-0.2, 0) is 24.5 Å². The second-order valence-electron chi connectivity index (χ2n) is 7.96. The Hall–Kier alpha value is -3.82. The van der Waals surface area contributed by atoms with E-state index in [4.69, 9.17) is 9.47 Å². The van der Waals surface area contributed by atoms with Gasteiger partial charge in [-0.1, -0.05) is 48.5 Å². The van der Waals surface area contributed by atoms with Gasteiger partial charge in [0, 0.05) is 11.1 Å². The van der Waals surface area contributed by atoms with Crippen molar-refractivity contribution in [3.8, 4) is 11.5 Å². The predicted molar refractivity (Wildman–Crippen MR) is 113 cm³/mol. The fraction of sp³-hybridized carbons (Fsp3) is 0.250. The van der Waals surface area contributed by atoms with E-state index in [9.17, 15) is 17.6 Å². The summed E-state index contributed by atoms with van der Waals surface area (Å²) in [5.74, 6) is 1.23. The SMILES string of the molecule is FCC1(c2ccc(COc3ccc(OCc4ccc(C5(C(F)(F)F)N=N5)cc4)cc3)cc2)N=N1. The van der Waals surface area contributed by atoms with Crippen LogP contribution in [0.1, 0.15) is 22.3 Å². The van der Waals surface area contributed by atoms with E-state index >= 15 is 0 Å². The average molecular weight is 470 g/mol. The van der Waals surface area contributed by atoms with Crippen LogP contribution in [0, 0.1) is 0 Å². The summed E-state index contributed by atoms with van der Waals surface area (Å²) in [6.45, 7) is -0.116. The van der Waals surface area contributed by atoms with Crippen molar-refractivity contribution < 1.29 is 27.0 Å². The van der Waals surface area contributed by atoms with Crippen LogP contribution in [0.3, 0.4) is 0 Å². The van der Waals surface area contributed by atoms with Crippen molar-refractivity contribution in [2.24, 2.45) is 20.5 Å². The van der Waals surface area contributed by atoms with Crippen molar-refractivity contribution in [2.45, 2.75) is 30.7 Å². The molecule has 0 saturated heterocycles. The zero-order valence-electron chi connectivity index (χ0n) is 17.7. The molecule has 3 aromatic rings. The Morgan fingerprint density at radius 2 is 1.06 bits per heavy atom. The van der Waals surface area contributed by atoms with Gasteiger partial charge < -0.3 is 9.47 Å². The highest BCUT2D eigenvalue weighted by Gasteiger charge is 2.65. The van der Waals surface area contributed by atoms with E-state index in [1.54, 1.807) is 48.5 Å². The minimum atomic E-state index is -4.54. The molecule has 0 saturated carbocycles. The zero-order valence-corrected chi connectivity index (χ0v) is 17.7. The summed E-state index contributed by atoms with van der Waals surface area (Å²) in [5.41, 5.74) is -1.09. The Labute approximate surface area is 192 Å². The van der Waals surface area contributed by atoms with Gasteiger partial charge in [0.1, 0.15) is 31.4 Å².